The van der Waals surface area contributed by atoms with E-state index in [1.54, 1.807) is 49.4 Å². The summed E-state index contributed by atoms with van der Waals surface area (Å²) < 4.78 is 0. The Bertz CT molecular complexity index is 690. The van der Waals surface area contributed by atoms with Gasteiger partial charge in [0.2, 0.25) is 5.91 Å². The van der Waals surface area contributed by atoms with Crippen molar-refractivity contribution in [2.75, 3.05) is 5.32 Å². The smallest absolute Gasteiger partial charge is 0.247 e. The molecule has 0 fully saturated rings. The maximum atomic E-state index is 12.0. The Morgan fingerprint density at radius 3 is 2.33 bits per heavy atom. The van der Waals surface area contributed by atoms with Crippen LogP contribution < -0.4 is 11.1 Å². The van der Waals surface area contributed by atoms with Crippen LogP contribution in [0.5, 0.6) is 0 Å². The number of nitrogens with two attached hydrogens (primary N) is 1. The number of primary amides is 1. The quantitative estimate of drug-likeness (QED) is 0.861. The van der Waals surface area contributed by atoms with Crippen molar-refractivity contribution in [3.05, 3.63) is 63.1 Å². The Hall–Kier alpha value is -1.42. The molecule has 1 unspecified atom stereocenters. The van der Waals surface area contributed by atoms with E-state index in [-0.39, 0.29) is 0 Å². The van der Waals surface area contributed by atoms with E-state index in [4.69, 9.17) is 40.5 Å². The van der Waals surface area contributed by atoms with Crippen molar-refractivity contribution in [3.8, 4) is 0 Å². The highest BCUT2D eigenvalue weighted by atomic mass is 35.5. The largest absolute Gasteiger partial charge is 0.367 e. The SMILES string of the molecule is CC(Nc1ccccc1Cl)(C(N)=O)c1ccc(Cl)cc1Cl. The number of carbonyl (C=O) groups excluding carboxylic acids is 1. The van der Waals surface area contributed by atoms with Crippen molar-refractivity contribution in [3.63, 3.8) is 0 Å². The third-order valence-electron chi connectivity index (χ3n) is 3.22. The first-order valence-corrected chi connectivity index (χ1v) is 7.26. The molecule has 2 aromatic carbocycles. The van der Waals surface area contributed by atoms with E-state index in [1.165, 1.54) is 0 Å². The Balaban J connectivity index is 2.51. The van der Waals surface area contributed by atoms with Gasteiger partial charge in [-0.3, -0.25) is 4.79 Å². The summed E-state index contributed by atoms with van der Waals surface area (Å²) >= 11 is 18.2. The molecule has 0 bridgehead atoms. The van der Waals surface area contributed by atoms with Crippen LogP contribution in [0.25, 0.3) is 0 Å². The van der Waals surface area contributed by atoms with Crippen molar-refractivity contribution >= 4 is 46.4 Å². The van der Waals surface area contributed by atoms with Crippen LogP contribution in [0.1, 0.15) is 12.5 Å². The first-order chi connectivity index (χ1) is 9.84. The second-order valence-corrected chi connectivity index (χ2v) is 5.97. The van der Waals surface area contributed by atoms with Crippen molar-refractivity contribution in [2.24, 2.45) is 5.73 Å². The van der Waals surface area contributed by atoms with Crippen LogP contribution in [0.2, 0.25) is 15.1 Å². The molecule has 2 rings (SSSR count). The highest BCUT2D eigenvalue weighted by Crippen LogP contribution is 2.35. The number of hydrogen-bond acceptors (Lipinski definition) is 2. The van der Waals surface area contributed by atoms with Crippen LogP contribution in [0.3, 0.4) is 0 Å². The van der Waals surface area contributed by atoms with Crippen LogP contribution in [0, 0.1) is 0 Å². The fraction of sp³-hybridized carbons (Fsp3) is 0.133. The van der Waals surface area contributed by atoms with Gasteiger partial charge in [-0.1, -0.05) is 53.0 Å². The molecule has 0 radical (unpaired) electrons. The Labute approximate surface area is 138 Å². The molecule has 0 heterocycles. The zero-order chi connectivity index (χ0) is 15.6. The average Bonchev–Trinajstić information content (AvgIpc) is 2.41. The van der Waals surface area contributed by atoms with Gasteiger partial charge < -0.3 is 11.1 Å². The third-order valence-corrected chi connectivity index (χ3v) is 4.10. The summed E-state index contributed by atoms with van der Waals surface area (Å²) in [7, 11) is 0. The minimum absolute atomic E-state index is 0.350. The van der Waals surface area contributed by atoms with Gasteiger partial charge in [0.05, 0.1) is 10.7 Å². The molecule has 0 aliphatic heterocycles. The lowest BCUT2D eigenvalue weighted by Gasteiger charge is -2.30. The molecule has 3 nitrogen and oxygen atoms in total. The molecule has 0 spiro atoms. The van der Waals surface area contributed by atoms with Gasteiger partial charge >= 0.3 is 0 Å². The summed E-state index contributed by atoms with van der Waals surface area (Å²) in [5.74, 6) is -0.577. The number of hydrogen-bond donors (Lipinski definition) is 2. The van der Waals surface area contributed by atoms with Crippen LogP contribution >= 0.6 is 34.8 Å². The lowest BCUT2D eigenvalue weighted by molar-refractivity contribution is -0.122. The van der Waals surface area contributed by atoms with Crippen molar-refractivity contribution in [1.82, 2.24) is 0 Å². The molecular formula is C15H13Cl3N2O. The van der Waals surface area contributed by atoms with E-state index >= 15 is 0 Å². The molecule has 1 atom stereocenters. The lowest BCUT2D eigenvalue weighted by atomic mass is 9.90. The van der Waals surface area contributed by atoms with E-state index in [9.17, 15) is 4.79 Å². The van der Waals surface area contributed by atoms with Gasteiger partial charge in [0.15, 0.2) is 0 Å². The van der Waals surface area contributed by atoms with Gasteiger partial charge in [0.25, 0.3) is 0 Å². The summed E-state index contributed by atoms with van der Waals surface area (Å²) in [4.78, 5) is 12.0. The van der Waals surface area contributed by atoms with Crippen molar-refractivity contribution in [1.29, 1.82) is 0 Å². The molecule has 110 valence electrons. The van der Waals surface area contributed by atoms with Gasteiger partial charge in [-0.15, -0.1) is 0 Å². The Morgan fingerprint density at radius 2 is 1.76 bits per heavy atom. The standard InChI is InChI=1S/C15H13Cl3N2O/c1-15(14(19)21,10-7-6-9(16)8-12(10)18)20-13-5-3-2-4-11(13)17/h2-8,20H,1H3,(H2,19,21). The highest BCUT2D eigenvalue weighted by Gasteiger charge is 2.35. The fourth-order valence-corrected chi connectivity index (χ4v) is 2.77. The number of rotatable bonds is 4. The lowest BCUT2D eigenvalue weighted by Crippen LogP contribution is -2.45. The molecule has 2 aromatic rings. The molecule has 3 N–H and O–H groups in total. The monoisotopic (exact) mass is 342 g/mol. The van der Waals surface area contributed by atoms with Crippen LogP contribution in [0.4, 0.5) is 5.69 Å². The number of carbonyl (C=O) groups is 1. The van der Waals surface area contributed by atoms with Gasteiger partial charge in [-0.25, -0.2) is 0 Å². The number of amides is 1. The summed E-state index contributed by atoms with van der Waals surface area (Å²) in [6.07, 6.45) is 0. The molecule has 1 amide bonds. The second kappa shape index (κ2) is 6.14. The number of benzene rings is 2. The predicted octanol–water partition coefficient (Wildman–Crippen LogP) is 4.46. The zero-order valence-corrected chi connectivity index (χ0v) is 13.4. The topological polar surface area (TPSA) is 55.1 Å². The van der Waals surface area contributed by atoms with Crippen LogP contribution in [-0.2, 0) is 10.3 Å². The van der Waals surface area contributed by atoms with Crippen molar-refractivity contribution in [2.45, 2.75) is 12.5 Å². The summed E-state index contributed by atoms with van der Waals surface area (Å²) in [6, 6.07) is 12.0. The maximum Gasteiger partial charge on any atom is 0.247 e. The minimum Gasteiger partial charge on any atom is -0.367 e. The van der Waals surface area contributed by atoms with Gasteiger partial charge in [0.1, 0.15) is 5.54 Å². The molecule has 6 heteroatoms. The Kier molecular flexibility index (Phi) is 4.67. The van der Waals surface area contributed by atoms with E-state index in [1.807, 2.05) is 0 Å². The second-order valence-electron chi connectivity index (χ2n) is 4.72. The van der Waals surface area contributed by atoms with Crippen LogP contribution in [0.15, 0.2) is 42.5 Å². The molecule has 0 aromatic heterocycles. The number of para-hydroxylation sites is 1. The average molecular weight is 344 g/mol. The minimum atomic E-state index is -1.22. The molecular weight excluding hydrogens is 331 g/mol. The van der Waals surface area contributed by atoms with E-state index in [2.05, 4.69) is 5.32 Å². The summed E-state index contributed by atoms with van der Waals surface area (Å²) in [6.45, 7) is 1.65. The molecule has 21 heavy (non-hydrogen) atoms. The Morgan fingerprint density at radius 1 is 1.10 bits per heavy atom. The summed E-state index contributed by atoms with van der Waals surface area (Å²) in [5.41, 5.74) is 5.47. The first-order valence-electron chi connectivity index (χ1n) is 6.13. The van der Waals surface area contributed by atoms with Crippen LogP contribution in [-0.4, -0.2) is 5.91 Å². The van der Waals surface area contributed by atoms with Crippen molar-refractivity contribution < 1.29 is 4.79 Å². The highest BCUT2D eigenvalue weighted by molar-refractivity contribution is 6.35. The number of nitrogens with one attached hydrogen (secondary N) is 1. The van der Waals surface area contributed by atoms with E-state index < -0.39 is 11.4 Å². The summed E-state index contributed by atoms with van der Waals surface area (Å²) in [5, 5.41) is 4.38. The zero-order valence-electron chi connectivity index (χ0n) is 11.2. The first kappa shape index (κ1) is 16.0. The molecule has 0 saturated carbocycles. The fourth-order valence-electron chi connectivity index (χ4n) is 1.99. The van der Waals surface area contributed by atoms with E-state index in [0.29, 0.717) is 26.3 Å². The molecule has 0 aliphatic rings. The number of anilines is 1. The number of halogens is 3. The normalized spacial score (nSPS) is 13.5. The molecule has 0 saturated heterocycles. The third kappa shape index (κ3) is 3.26. The van der Waals surface area contributed by atoms with Gasteiger partial charge in [-0.2, -0.15) is 0 Å². The maximum absolute atomic E-state index is 12.0. The van der Waals surface area contributed by atoms with E-state index in [0.717, 1.165) is 0 Å². The predicted molar refractivity (Wildman–Crippen MR) is 88.1 cm³/mol. The molecule has 0 aliphatic carbocycles. The van der Waals surface area contributed by atoms with Gasteiger partial charge in [0, 0.05) is 15.6 Å². The van der Waals surface area contributed by atoms with Gasteiger partial charge in [-0.05, 0) is 31.2 Å².